The van der Waals surface area contributed by atoms with Crippen LogP contribution in [0.1, 0.15) is 18.1 Å². The molecule has 1 N–H and O–H groups in total. The summed E-state index contributed by atoms with van der Waals surface area (Å²) < 4.78 is 7.49. The average Bonchev–Trinajstić information content (AvgIpc) is 3.40. The monoisotopic (exact) mass is 498 g/mol. The van der Waals surface area contributed by atoms with E-state index in [9.17, 15) is 14.9 Å². The maximum absolute atomic E-state index is 12.7. The maximum atomic E-state index is 12.7. The van der Waals surface area contributed by atoms with Gasteiger partial charge < -0.3 is 14.6 Å². The third-order valence-corrected chi connectivity index (χ3v) is 6.52. The van der Waals surface area contributed by atoms with Gasteiger partial charge >= 0.3 is 0 Å². The first kappa shape index (κ1) is 23.4. The number of amides is 1. The second-order valence-corrected chi connectivity index (χ2v) is 9.10. The number of aromatic nitrogens is 1. The fraction of sp³-hybridized carbons (Fsp3) is 0.111. The molecule has 1 aliphatic rings. The summed E-state index contributed by atoms with van der Waals surface area (Å²) in [6.45, 7) is 2.99. The fourth-order valence-corrected chi connectivity index (χ4v) is 4.84. The number of nitrogens with zero attached hydrogens (tertiary/aromatic N) is 3. The Bertz CT molecular complexity index is 1520. The number of aliphatic imine (C=N–C) groups is 1. The number of non-ortho nitro benzene ring substituents is 1. The Hall–Kier alpha value is -4.37. The van der Waals surface area contributed by atoms with Crippen LogP contribution in [0.4, 0.5) is 11.4 Å². The summed E-state index contributed by atoms with van der Waals surface area (Å²) in [5.41, 5.74) is 3.46. The van der Waals surface area contributed by atoms with Gasteiger partial charge in [-0.05, 0) is 60.7 Å². The summed E-state index contributed by atoms with van der Waals surface area (Å²) in [7, 11) is 0. The summed E-state index contributed by atoms with van der Waals surface area (Å²) in [6.07, 6.45) is 3.82. The number of nitro benzene ring substituents is 1. The molecule has 1 saturated heterocycles. The van der Waals surface area contributed by atoms with Crippen LogP contribution >= 0.6 is 11.8 Å². The zero-order valence-corrected chi connectivity index (χ0v) is 20.2. The van der Waals surface area contributed by atoms with E-state index >= 15 is 0 Å². The standard InChI is InChI=1S/C27H22N4O4S/c1-2-35-22-12-10-20(11-13-22)28-27-29-26(32)25(36-27)15-19-17-30(24-9-4-3-8-23(19)24)16-18-6-5-7-21(14-18)31(33)34/h3-15,17H,2,16H2,1H3,(H,28,29,32)/b25-15+. The van der Waals surface area contributed by atoms with Gasteiger partial charge in [-0.1, -0.05) is 30.3 Å². The van der Waals surface area contributed by atoms with E-state index in [0.29, 0.717) is 23.2 Å². The van der Waals surface area contributed by atoms with Crippen molar-refractivity contribution in [2.75, 3.05) is 6.61 Å². The van der Waals surface area contributed by atoms with E-state index in [2.05, 4.69) is 10.3 Å². The molecule has 0 atom stereocenters. The van der Waals surface area contributed by atoms with Gasteiger partial charge in [0.2, 0.25) is 0 Å². The van der Waals surface area contributed by atoms with E-state index in [0.717, 1.165) is 33.5 Å². The summed E-state index contributed by atoms with van der Waals surface area (Å²) >= 11 is 1.28. The van der Waals surface area contributed by atoms with Gasteiger partial charge in [0.05, 0.1) is 22.1 Å². The van der Waals surface area contributed by atoms with Gasteiger partial charge in [-0.2, -0.15) is 0 Å². The van der Waals surface area contributed by atoms with Gasteiger partial charge in [0, 0.05) is 41.3 Å². The zero-order valence-electron chi connectivity index (χ0n) is 19.4. The number of fused-ring (bicyclic) bond motifs is 1. The molecule has 180 valence electrons. The highest BCUT2D eigenvalue weighted by Crippen LogP contribution is 2.32. The molecule has 3 aromatic carbocycles. The number of hydrogen-bond acceptors (Lipinski definition) is 6. The van der Waals surface area contributed by atoms with Crippen molar-refractivity contribution in [2.45, 2.75) is 13.5 Å². The lowest BCUT2D eigenvalue weighted by Crippen LogP contribution is -2.19. The molecular formula is C27H22N4O4S. The normalized spacial score (nSPS) is 15.5. The van der Waals surface area contributed by atoms with E-state index in [4.69, 9.17) is 4.74 Å². The number of hydrogen-bond donors (Lipinski definition) is 1. The van der Waals surface area contributed by atoms with Crippen molar-refractivity contribution < 1.29 is 14.5 Å². The number of ether oxygens (including phenoxy) is 1. The number of carbonyl (C=O) groups is 1. The molecule has 5 rings (SSSR count). The predicted octanol–water partition coefficient (Wildman–Crippen LogP) is 5.89. The molecule has 1 aliphatic heterocycles. The van der Waals surface area contributed by atoms with Crippen LogP contribution in [-0.2, 0) is 11.3 Å². The Morgan fingerprint density at radius 3 is 2.69 bits per heavy atom. The first-order valence-corrected chi connectivity index (χ1v) is 12.2. The van der Waals surface area contributed by atoms with Gasteiger partial charge in [-0.25, -0.2) is 4.99 Å². The lowest BCUT2D eigenvalue weighted by molar-refractivity contribution is -0.384. The first-order chi connectivity index (χ1) is 17.5. The molecule has 0 unspecified atom stereocenters. The Morgan fingerprint density at radius 1 is 1.11 bits per heavy atom. The largest absolute Gasteiger partial charge is 0.494 e. The second kappa shape index (κ2) is 10.1. The molecule has 0 saturated carbocycles. The van der Waals surface area contributed by atoms with E-state index in [1.54, 1.807) is 12.1 Å². The molecule has 1 amide bonds. The topological polar surface area (TPSA) is 98.8 Å². The van der Waals surface area contributed by atoms with Crippen molar-refractivity contribution >= 4 is 51.2 Å². The highest BCUT2D eigenvalue weighted by molar-refractivity contribution is 8.18. The number of benzene rings is 3. The van der Waals surface area contributed by atoms with Crippen molar-refractivity contribution in [1.29, 1.82) is 0 Å². The van der Waals surface area contributed by atoms with E-state index in [-0.39, 0.29) is 11.6 Å². The van der Waals surface area contributed by atoms with Gasteiger partial charge in [0.15, 0.2) is 5.17 Å². The summed E-state index contributed by atoms with van der Waals surface area (Å²) in [6, 6.07) is 21.9. The van der Waals surface area contributed by atoms with Crippen LogP contribution in [0.5, 0.6) is 5.75 Å². The molecule has 9 heteroatoms. The van der Waals surface area contributed by atoms with Gasteiger partial charge in [-0.3, -0.25) is 14.9 Å². The van der Waals surface area contributed by atoms with Crippen LogP contribution in [0.3, 0.4) is 0 Å². The third-order valence-electron chi connectivity index (χ3n) is 5.61. The summed E-state index contributed by atoms with van der Waals surface area (Å²) in [5.74, 6) is 0.562. The number of nitro groups is 1. The molecule has 0 bridgehead atoms. The van der Waals surface area contributed by atoms with Crippen LogP contribution in [-0.4, -0.2) is 27.2 Å². The number of nitrogens with one attached hydrogen (secondary N) is 1. The predicted molar refractivity (Wildman–Crippen MR) is 143 cm³/mol. The minimum absolute atomic E-state index is 0.0599. The fourth-order valence-electron chi connectivity index (χ4n) is 4.01. The first-order valence-electron chi connectivity index (χ1n) is 11.3. The lowest BCUT2D eigenvalue weighted by atomic mass is 10.1. The van der Waals surface area contributed by atoms with Crippen LogP contribution < -0.4 is 10.1 Å². The van der Waals surface area contributed by atoms with E-state index < -0.39 is 4.92 Å². The molecule has 36 heavy (non-hydrogen) atoms. The molecule has 1 aromatic heterocycles. The number of para-hydroxylation sites is 1. The number of thioether (sulfide) groups is 1. The van der Waals surface area contributed by atoms with Crippen LogP contribution in [0.15, 0.2) is 88.9 Å². The molecule has 2 heterocycles. The van der Waals surface area contributed by atoms with Crippen LogP contribution in [0.25, 0.3) is 17.0 Å². The highest BCUT2D eigenvalue weighted by atomic mass is 32.2. The Labute approximate surface area is 211 Å². The third kappa shape index (κ3) is 5.01. The van der Waals surface area contributed by atoms with Crippen molar-refractivity contribution in [3.63, 3.8) is 0 Å². The van der Waals surface area contributed by atoms with Crippen LogP contribution in [0.2, 0.25) is 0 Å². The SMILES string of the molecule is CCOc1ccc(N=C2NC(=O)/C(=C\c3cn(Cc4cccc([N+](=O)[O-])c4)c4ccccc34)S2)cc1. The van der Waals surface area contributed by atoms with Crippen LogP contribution in [0, 0.1) is 10.1 Å². The van der Waals surface area contributed by atoms with Crippen molar-refractivity contribution in [2.24, 2.45) is 4.99 Å². The smallest absolute Gasteiger partial charge is 0.269 e. The van der Waals surface area contributed by atoms with E-state index in [1.165, 1.54) is 17.8 Å². The second-order valence-electron chi connectivity index (χ2n) is 8.07. The lowest BCUT2D eigenvalue weighted by Gasteiger charge is -2.05. The number of amidine groups is 1. The Kier molecular flexibility index (Phi) is 6.55. The minimum Gasteiger partial charge on any atom is -0.494 e. The van der Waals surface area contributed by atoms with Gasteiger partial charge in [0.1, 0.15) is 5.75 Å². The van der Waals surface area contributed by atoms with Crippen molar-refractivity contribution in [3.05, 3.63) is 105 Å². The van der Waals surface area contributed by atoms with E-state index in [1.807, 2.05) is 78.4 Å². The molecule has 4 aromatic rings. The Morgan fingerprint density at radius 2 is 1.92 bits per heavy atom. The molecule has 0 radical (unpaired) electrons. The van der Waals surface area contributed by atoms with Crippen molar-refractivity contribution in [3.8, 4) is 5.75 Å². The molecule has 0 spiro atoms. The van der Waals surface area contributed by atoms with Gasteiger partial charge in [0.25, 0.3) is 11.6 Å². The quantitative estimate of drug-likeness (QED) is 0.195. The minimum atomic E-state index is -0.393. The van der Waals surface area contributed by atoms with Crippen molar-refractivity contribution in [1.82, 2.24) is 9.88 Å². The molecular weight excluding hydrogens is 476 g/mol. The maximum Gasteiger partial charge on any atom is 0.269 e. The highest BCUT2D eigenvalue weighted by Gasteiger charge is 2.24. The van der Waals surface area contributed by atoms with Gasteiger partial charge in [-0.15, -0.1) is 0 Å². The molecule has 0 aliphatic carbocycles. The number of rotatable bonds is 7. The Balaban J connectivity index is 1.42. The summed E-state index contributed by atoms with van der Waals surface area (Å²) in [5, 5.41) is 15.5. The molecule has 1 fully saturated rings. The summed E-state index contributed by atoms with van der Waals surface area (Å²) in [4.78, 5) is 28.5. The molecule has 8 nitrogen and oxygen atoms in total. The number of carbonyl (C=O) groups excluding carboxylic acids is 1. The zero-order chi connectivity index (χ0) is 25.1. The average molecular weight is 499 g/mol.